The number of sulfonamides is 1. The van der Waals surface area contributed by atoms with E-state index >= 15 is 0 Å². The van der Waals surface area contributed by atoms with E-state index in [0.717, 1.165) is 22.5 Å². The van der Waals surface area contributed by atoms with Crippen molar-refractivity contribution in [2.45, 2.75) is 78.4 Å². The summed E-state index contributed by atoms with van der Waals surface area (Å²) in [4.78, 5) is 28.4. The standard InChI is InChI=1S/C28H40ClN3O4S/c1-8-20(3)30-27(34)25(9-2)31(18-21-12-10-11-13-24(21)29)26(33)19-32(37(7,35)36)23-16-14-22(15-17-23)28(4,5)6/h10-17,20,25H,8-9,18-19H2,1-7H3,(H,30,34)/t20-,25+/m1/s1. The number of benzene rings is 2. The van der Waals surface area contributed by atoms with Gasteiger partial charge in [0.1, 0.15) is 12.6 Å². The molecule has 0 aliphatic carbocycles. The van der Waals surface area contributed by atoms with E-state index in [2.05, 4.69) is 26.1 Å². The zero-order valence-electron chi connectivity index (χ0n) is 22.9. The molecule has 9 heteroatoms. The van der Waals surface area contributed by atoms with E-state index in [0.29, 0.717) is 22.7 Å². The number of hydrogen-bond donors (Lipinski definition) is 1. The molecule has 7 nitrogen and oxygen atoms in total. The molecule has 2 aromatic carbocycles. The van der Waals surface area contributed by atoms with Gasteiger partial charge >= 0.3 is 0 Å². The van der Waals surface area contributed by atoms with Gasteiger partial charge in [-0.2, -0.15) is 0 Å². The summed E-state index contributed by atoms with van der Waals surface area (Å²) in [6.45, 7) is 11.5. The Hall–Kier alpha value is -2.58. The number of nitrogens with zero attached hydrogens (tertiary/aromatic N) is 2. The van der Waals surface area contributed by atoms with Gasteiger partial charge in [-0.25, -0.2) is 8.42 Å². The molecular weight excluding hydrogens is 510 g/mol. The van der Waals surface area contributed by atoms with Crippen LogP contribution >= 0.6 is 11.6 Å². The first-order valence-corrected chi connectivity index (χ1v) is 14.8. The Labute approximate surface area is 227 Å². The Morgan fingerprint density at radius 3 is 2.08 bits per heavy atom. The molecule has 2 amide bonds. The van der Waals surface area contributed by atoms with Crippen molar-refractivity contribution in [1.82, 2.24) is 10.2 Å². The highest BCUT2D eigenvalue weighted by atomic mass is 35.5. The third-order valence-corrected chi connectivity index (χ3v) is 7.90. The summed E-state index contributed by atoms with van der Waals surface area (Å²) in [7, 11) is -3.79. The van der Waals surface area contributed by atoms with Crippen LogP contribution in [0.15, 0.2) is 48.5 Å². The molecule has 0 unspecified atom stereocenters. The summed E-state index contributed by atoms with van der Waals surface area (Å²) in [5, 5.41) is 3.42. The summed E-state index contributed by atoms with van der Waals surface area (Å²) in [6.07, 6.45) is 2.17. The first kappa shape index (κ1) is 30.6. The molecule has 204 valence electrons. The highest BCUT2D eigenvalue weighted by Gasteiger charge is 2.32. The number of anilines is 1. The fraction of sp³-hybridized carbons (Fsp3) is 0.500. The van der Waals surface area contributed by atoms with Gasteiger partial charge in [0.05, 0.1) is 11.9 Å². The molecule has 0 saturated carbocycles. The first-order valence-electron chi connectivity index (χ1n) is 12.6. The molecule has 2 atom stereocenters. The molecule has 0 aromatic heterocycles. The number of hydrogen-bond acceptors (Lipinski definition) is 4. The third kappa shape index (κ3) is 8.47. The molecule has 1 N–H and O–H groups in total. The molecule has 2 aromatic rings. The van der Waals surface area contributed by atoms with Gasteiger partial charge in [-0.1, -0.05) is 76.6 Å². The predicted octanol–water partition coefficient (Wildman–Crippen LogP) is 5.13. The van der Waals surface area contributed by atoms with Gasteiger partial charge < -0.3 is 10.2 Å². The minimum absolute atomic E-state index is 0.0623. The zero-order valence-corrected chi connectivity index (χ0v) is 24.5. The van der Waals surface area contributed by atoms with Crippen LogP contribution < -0.4 is 9.62 Å². The lowest BCUT2D eigenvalue weighted by atomic mass is 9.87. The smallest absolute Gasteiger partial charge is 0.244 e. The van der Waals surface area contributed by atoms with Crippen LogP contribution in [0.3, 0.4) is 0 Å². The van der Waals surface area contributed by atoms with Crippen LogP contribution in [0.5, 0.6) is 0 Å². The molecule has 37 heavy (non-hydrogen) atoms. The van der Waals surface area contributed by atoms with E-state index < -0.39 is 28.5 Å². The largest absolute Gasteiger partial charge is 0.352 e. The van der Waals surface area contributed by atoms with Crippen molar-refractivity contribution < 1.29 is 18.0 Å². The topological polar surface area (TPSA) is 86.8 Å². The second-order valence-corrected chi connectivity index (χ2v) is 12.7. The third-order valence-electron chi connectivity index (χ3n) is 6.39. The molecule has 0 spiro atoms. The predicted molar refractivity (Wildman–Crippen MR) is 151 cm³/mol. The maximum absolute atomic E-state index is 13.8. The van der Waals surface area contributed by atoms with Crippen LogP contribution in [0.4, 0.5) is 5.69 Å². The number of amides is 2. The lowest BCUT2D eigenvalue weighted by molar-refractivity contribution is -0.140. The van der Waals surface area contributed by atoms with Crippen molar-refractivity contribution >= 4 is 39.1 Å². The Balaban J connectivity index is 2.46. The van der Waals surface area contributed by atoms with Gasteiger partial charge in [0, 0.05) is 17.6 Å². The normalized spacial score (nSPS) is 13.5. The summed E-state index contributed by atoms with van der Waals surface area (Å²) in [6, 6.07) is 13.4. The Morgan fingerprint density at radius 1 is 1.00 bits per heavy atom. The maximum atomic E-state index is 13.8. The number of nitrogens with one attached hydrogen (secondary N) is 1. The van der Waals surface area contributed by atoms with E-state index in [-0.39, 0.29) is 23.9 Å². The monoisotopic (exact) mass is 549 g/mol. The summed E-state index contributed by atoms with van der Waals surface area (Å²) >= 11 is 6.39. The minimum Gasteiger partial charge on any atom is -0.352 e. The minimum atomic E-state index is -3.79. The van der Waals surface area contributed by atoms with Crippen LogP contribution in [-0.2, 0) is 31.6 Å². The van der Waals surface area contributed by atoms with E-state index in [9.17, 15) is 18.0 Å². The SMILES string of the molecule is CC[C@@H](C)NC(=O)[C@H](CC)N(Cc1ccccc1Cl)C(=O)CN(c1ccc(C(C)(C)C)cc1)S(C)(=O)=O. The second kappa shape index (κ2) is 12.8. The number of halogens is 1. The molecule has 0 aliphatic heterocycles. The van der Waals surface area contributed by atoms with Gasteiger partial charge in [0.25, 0.3) is 0 Å². The van der Waals surface area contributed by atoms with Crippen LogP contribution in [0, 0.1) is 0 Å². The fourth-order valence-corrected chi connectivity index (χ4v) is 4.96. The van der Waals surface area contributed by atoms with Crippen molar-refractivity contribution in [3.63, 3.8) is 0 Å². The van der Waals surface area contributed by atoms with Crippen LogP contribution in [-0.4, -0.2) is 50.0 Å². The molecule has 0 radical (unpaired) electrons. The van der Waals surface area contributed by atoms with Crippen molar-refractivity contribution in [3.8, 4) is 0 Å². The molecular formula is C28H40ClN3O4S. The first-order chi connectivity index (χ1) is 17.2. The molecule has 0 fully saturated rings. The Morgan fingerprint density at radius 2 is 1.59 bits per heavy atom. The molecule has 0 bridgehead atoms. The van der Waals surface area contributed by atoms with Crippen molar-refractivity contribution in [1.29, 1.82) is 0 Å². The zero-order chi connectivity index (χ0) is 28.0. The average Bonchev–Trinajstić information content (AvgIpc) is 2.82. The van der Waals surface area contributed by atoms with E-state index in [1.54, 1.807) is 30.3 Å². The summed E-state index contributed by atoms with van der Waals surface area (Å²) in [5.74, 6) is -0.769. The number of carbonyl (C=O) groups is 2. The van der Waals surface area contributed by atoms with Crippen LogP contribution in [0.1, 0.15) is 65.5 Å². The lowest BCUT2D eigenvalue weighted by Gasteiger charge is -2.33. The van der Waals surface area contributed by atoms with Crippen LogP contribution in [0.25, 0.3) is 0 Å². The lowest BCUT2D eigenvalue weighted by Crippen LogP contribution is -2.53. The molecule has 0 aliphatic rings. The quantitative estimate of drug-likeness (QED) is 0.421. The Kier molecular flexibility index (Phi) is 10.6. The van der Waals surface area contributed by atoms with Gasteiger partial charge in [-0.3, -0.25) is 13.9 Å². The molecule has 2 rings (SSSR count). The molecule has 0 saturated heterocycles. The average molecular weight is 550 g/mol. The summed E-state index contributed by atoms with van der Waals surface area (Å²) in [5.41, 5.74) is 2.00. The number of rotatable bonds is 11. The maximum Gasteiger partial charge on any atom is 0.244 e. The van der Waals surface area contributed by atoms with Gasteiger partial charge in [0.15, 0.2) is 0 Å². The highest BCUT2D eigenvalue weighted by molar-refractivity contribution is 7.92. The van der Waals surface area contributed by atoms with E-state index in [1.165, 1.54) is 4.90 Å². The number of carbonyl (C=O) groups excluding carboxylic acids is 2. The van der Waals surface area contributed by atoms with E-state index in [4.69, 9.17) is 11.6 Å². The Bertz CT molecular complexity index is 1180. The van der Waals surface area contributed by atoms with Gasteiger partial charge in [-0.05, 0) is 54.5 Å². The van der Waals surface area contributed by atoms with Gasteiger partial charge in [0.2, 0.25) is 21.8 Å². The van der Waals surface area contributed by atoms with Gasteiger partial charge in [-0.15, -0.1) is 0 Å². The van der Waals surface area contributed by atoms with Crippen molar-refractivity contribution in [2.24, 2.45) is 0 Å². The van der Waals surface area contributed by atoms with Crippen molar-refractivity contribution in [2.75, 3.05) is 17.1 Å². The van der Waals surface area contributed by atoms with E-state index in [1.807, 2.05) is 39.0 Å². The highest BCUT2D eigenvalue weighted by Crippen LogP contribution is 2.27. The summed E-state index contributed by atoms with van der Waals surface area (Å²) < 4.78 is 26.7. The fourth-order valence-electron chi connectivity index (χ4n) is 3.91. The second-order valence-electron chi connectivity index (χ2n) is 10.4. The van der Waals surface area contributed by atoms with Crippen LogP contribution in [0.2, 0.25) is 5.02 Å². The molecule has 0 heterocycles. The van der Waals surface area contributed by atoms with Crippen molar-refractivity contribution in [3.05, 3.63) is 64.7 Å².